The molecule has 0 aromatic heterocycles. The van der Waals surface area contributed by atoms with Crippen LogP contribution >= 0.6 is 0 Å². The van der Waals surface area contributed by atoms with Gasteiger partial charge in [-0.2, -0.15) is 0 Å². The number of rotatable bonds is 10. The summed E-state index contributed by atoms with van der Waals surface area (Å²) in [5.74, 6) is 0. The number of hydrogen-bond acceptors (Lipinski definition) is 3. The van der Waals surface area contributed by atoms with E-state index in [2.05, 4.69) is 0 Å². The molecule has 0 unspecified atom stereocenters. The zero-order valence-electron chi connectivity index (χ0n) is 8.88. The van der Waals surface area contributed by atoms with Crippen molar-refractivity contribution in [1.82, 2.24) is 0 Å². The highest BCUT2D eigenvalue weighted by molar-refractivity contribution is 4.38. The first kappa shape index (κ1) is 12.9. The maximum Gasteiger partial charge on any atom is 0.0487 e. The van der Waals surface area contributed by atoms with E-state index in [0.29, 0.717) is 0 Å². The lowest BCUT2D eigenvalue weighted by Gasteiger charge is -2.03. The molecule has 3 nitrogen and oxygen atoms in total. The molecule has 0 radical (unpaired) electrons. The van der Waals surface area contributed by atoms with Gasteiger partial charge in [-0.25, -0.2) is 0 Å². The first-order valence-electron chi connectivity index (χ1n) is 5.06. The summed E-state index contributed by atoms with van der Waals surface area (Å²) in [6.07, 6.45) is 3.17. The second-order valence-corrected chi connectivity index (χ2v) is 2.86. The molecule has 80 valence electrons. The molecule has 13 heavy (non-hydrogen) atoms. The van der Waals surface area contributed by atoms with Gasteiger partial charge in [0.25, 0.3) is 0 Å². The van der Waals surface area contributed by atoms with Crippen LogP contribution in [-0.4, -0.2) is 40.1 Å². The molecule has 0 bridgehead atoms. The lowest BCUT2D eigenvalue weighted by molar-refractivity contribution is 0.0827. The molecule has 0 aliphatic carbocycles. The van der Waals surface area contributed by atoms with Gasteiger partial charge in [0.1, 0.15) is 0 Å². The molecule has 0 saturated heterocycles. The second kappa shape index (κ2) is 11.9. The van der Waals surface area contributed by atoms with Gasteiger partial charge >= 0.3 is 0 Å². The van der Waals surface area contributed by atoms with Crippen LogP contribution in [0.2, 0.25) is 0 Å². The molecule has 0 aromatic carbocycles. The zero-order chi connectivity index (χ0) is 9.78. The average Bonchev–Trinajstić information content (AvgIpc) is 2.16. The molecular weight excluding hydrogens is 168 g/mol. The van der Waals surface area contributed by atoms with Crippen molar-refractivity contribution in [2.75, 3.05) is 40.1 Å². The summed E-state index contributed by atoms with van der Waals surface area (Å²) in [4.78, 5) is 0. The predicted molar refractivity (Wildman–Crippen MR) is 53.0 cm³/mol. The fraction of sp³-hybridized carbons (Fsp3) is 1.00. The monoisotopic (exact) mass is 190 g/mol. The van der Waals surface area contributed by atoms with Crippen LogP contribution in [-0.2, 0) is 14.2 Å². The van der Waals surface area contributed by atoms with Gasteiger partial charge in [0.05, 0.1) is 0 Å². The van der Waals surface area contributed by atoms with E-state index in [1.54, 1.807) is 7.11 Å². The van der Waals surface area contributed by atoms with E-state index in [1.165, 1.54) is 0 Å². The van der Waals surface area contributed by atoms with Gasteiger partial charge in [-0.15, -0.1) is 0 Å². The fourth-order valence-electron chi connectivity index (χ4n) is 0.960. The highest BCUT2D eigenvalue weighted by Gasteiger charge is 1.90. The summed E-state index contributed by atoms with van der Waals surface area (Å²) in [7, 11) is 1.73. The third-order valence-corrected chi connectivity index (χ3v) is 1.67. The number of ether oxygens (including phenoxy) is 3. The van der Waals surface area contributed by atoms with E-state index in [9.17, 15) is 0 Å². The standard InChI is InChI=1S/C10H22O3/c1-3-12-9-6-10-13-8-5-4-7-11-2/h3-10H2,1-2H3. The van der Waals surface area contributed by atoms with Crippen molar-refractivity contribution in [2.45, 2.75) is 26.2 Å². The predicted octanol–water partition coefficient (Wildman–Crippen LogP) is 1.86. The second-order valence-electron chi connectivity index (χ2n) is 2.86. The average molecular weight is 190 g/mol. The summed E-state index contributed by atoms with van der Waals surface area (Å²) < 4.78 is 15.5. The molecule has 0 heterocycles. The van der Waals surface area contributed by atoms with Crippen LogP contribution in [0.3, 0.4) is 0 Å². The van der Waals surface area contributed by atoms with E-state index in [-0.39, 0.29) is 0 Å². The van der Waals surface area contributed by atoms with Crippen molar-refractivity contribution in [1.29, 1.82) is 0 Å². The van der Waals surface area contributed by atoms with Crippen LogP contribution in [0.5, 0.6) is 0 Å². The minimum absolute atomic E-state index is 0.799. The minimum Gasteiger partial charge on any atom is -0.385 e. The number of unbranched alkanes of at least 4 members (excludes halogenated alkanes) is 1. The summed E-state index contributed by atoms with van der Waals surface area (Å²) in [5.41, 5.74) is 0. The Morgan fingerprint density at radius 3 is 2.08 bits per heavy atom. The van der Waals surface area contributed by atoms with Crippen LogP contribution in [0.4, 0.5) is 0 Å². The Morgan fingerprint density at radius 2 is 1.38 bits per heavy atom. The maximum absolute atomic E-state index is 5.39. The quantitative estimate of drug-likeness (QED) is 0.492. The van der Waals surface area contributed by atoms with Crippen molar-refractivity contribution in [3.8, 4) is 0 Å². The number of hydrogen-bond donors (Lipinski definition) is 0. The van der Waals surface area contributed by atoms with E-state index < -0.39 is 0 Å². The topological polar surface area (TPSA) is 27.7 Å². The van der Waals surface area contributed by atoms with Crippen LogP contribution in [0.1, 0.15) is 26.2 Å². The molecule has 0 amide bonds. The smallest absolute Gasteiger partial charge is 0.0487 e. The Kier molecular flexibility index (Phi) is 11.8. The Labute approximate surface area is 81.4 Å². The number of methoxy groups -OCH3 is 1. The summed E-state index contributed by atoms with van der Waals surface area (Å²) in [6, 6.07) is 0. The van der Waals surface area contributed by atoms with Crippen molar-refractivity contribution in [3.05, 3.63) is 0 Å². The highest BCUT2D eigenvalue weighted by Crippen LogP contribution is 1.92. The van der Waals surface area contributed by atoms with Gasteiger partial charge in [0.2, 0.25) is 0 Å². The van der Waals surface area contributed by atoms with Gasteiger partial charge in [0.15, 0.2) is 0 Å². The van der Waals surface area contributed by atoms with Gasteiger partial charge in [-0.1, -0.05) is 0 Å². The molecule has 0 saturated carbocycles. The molecule has 3 heteroatoms. The van der Waals surface area contributed by atoms with Gasteiger partial charge in [-0.3, -0.25) is 0 Å². The normalized spacial score (nSPS) is 10.6. The van der Waals surface area contributed by atoms with E-state index >= 15 is 0 Å². The van der Waals surface area contributed by atoms with Gasteiger partial charge in [-0.05, 0) is 26.2 Å². The summed E-state index contributed by atoms with van der Waals surface area (Å²) in [5, 5.41) is 0. The SMILES string of the molecule is CCOCCCOCCCCOC. The largest absolute Gasteiger partial charge is 0.385 e. The van der Waals surface area contributed by atoms with Gasteiger partial charge < -0.3 is 14.2 Å². The van der Waals surface area contributed by atoms with Crippen molar-refractivity contribution < 1.29 is 14.2 Å². The molecular formula is C10H22O3. The van der Waals surface area contributed by atoms with Gasteiger partial charge in [0, 0.05) is 40.1 Å². The zero-order valence-corrected chi connectivity index (χ0v) is 8.88. The molecule has 0 aliphatic rings. The first-order valence-corrected chi connectivity index (χ1v) is 5.06. The van der Waals surface area contributed by atoms with Crippen molar-refractivity contribution in [3.63, 3.8) is 0 Å². The Bertz CT molecular complexity index is 76.2. The molecule has 0 atom stereocenters. The van der Waals surface area contributed by atoms with Crippen LogP contribution in [0.15, 0.2) is 0 Å². The lowest BCUT2D eigenvalue weighted by atomic mass is 10.3. The molecule has 0 N–H and O–H groups in total. The Balaban J connectivity index is 2.76. The lowest BCUT2D eigenvalue weighted by Crippen LogP contribution is -2.02. The summed E-state index contributed by atoms with van der Waals surface area (Å²) >= 11 is 0. The Morgan fingerprint density at radius 1 is 0.769 bits per heavy atom. The molecule has 0 spiro atoms. The van der Waals surface area contributed by atoms with E-state index in [1.807, 2.05) is 6.92 Å². The highest BCUT2D eigenvalue weighted by atomic mass is 16.5. The maximum atomic E-state index is 5.39. The molecule has 0 aromatic rings. The van der Waals surface area contributed by atoms with E-state index in [0.717, 1.165) is 52.3 Å². The first-order chi connectivity index (χ1) is 6.41. The van der Waals surface area contributed by atoms with Crippen molar-refractivity contribution >= 4 is 0 Å². The van der Waals surface area contributed by atoms with Crippen molar-refractivity contribution in [2.24, 2.45) is 0 Å². The molecule has 0 aliphatic heterocycles. The van der Waals surface area contributed by atoms with E-state index in [4.69, 9.17) is 14.2 Å². The molecule has 0 rings (SSSR count). The third kappa shape index (κ3) is 11.9. The third-order valence-electron chi connectivity index (χ3n) is 1.67. The summed E-state index contributed by atoms with van der Waals surface area (Å²) in [6.45, 7) is 6.11. The van der Waals surface area contributed by atoms with Crippen LogP contribution < -0.4 is 0 Å². The van der Waals surface area contributed by atoms with Crippen LogP contribution in [0, 0.1) is 0 Å². The molecule has 0 fully saturated rings. The minimum atomic E-state index is 0.799. The van der Waals surface area contributed by atoms with Crippen LogP contribution in [0.25, 0.3) is 0 Å². The fourth-order valence-corrected chi connectivity index (χ4v) is 0.960. The Hall–Kier alpha value is -0.120.